The molecule has 4 rings (SSSR count). The van der Waals surface area contributed by atoms with Gasteiger partial charge in [0.25, 0.3) is 5.91 Å². The molecular formula is C19H24N2O5S. The van der Waals surface area contributed by atoms with Gasteiger partial charge in [-0.05, 0) is 43.6 Å². The van der Waals surface area contributed by atoms with Crippen LogP contribution in [0.3, 0.4) is 0 Å². The number of carbonyl (C=O) groups is 3. The molecule has 1 aromatic rings. The lowest BCUT2D eigenvalue weighted by Crippen LogP contribution is -2.41. The van der Waals surface area contributed by atoms with Gasteiger partial charge in [-0.15, -0.1) is 11.3 Å². The molecule has 27 heavy (non-hydrogen) atoms. The fraction of sp³-hybridized carbons (Fsp3) is 0.632. The van der Waals surface area contributed by atoms with Crippen LogP contribution in [-0.4, -0.2) is 35.1 Å². The van der Waals surface area contributed by atoms with Crippen molar-refractivity contribution < 1.29 is 24.2 Å². The van der Waals surface area contributed by atoms with Crippen molar-refractivity contribution in [2.75, 3.05) is 5.32 Å². The number of rotatable bonds is 5. The van der Waals surface area contributed by atoms with Gasteiger partial charge in [0, 0.05) is 4.88 Å². The summed E-state index contributed by atoms with van der Waals surface area (Å²) in [5, 5.41) is 12.8. The SMILES string of the molecule is CC[C@@H]1CCc2c(sc(NC(=O)[C@@H]3[C@@H](C(=O)O)[C@H]4CC[C@H]3O4)c2C(N)=O)C1. The molecule has 0 radical (unpaired) electrons. The zero-order chi connectivity index (χ0) is 19.3. The first-order chi connectivity index (χ1) is 12.9. The van der Waals surface area contributed by atoms with Crippen LogP contribution in [0.4, 0.5) is 5.00 Å². The molecule has 8 heteroatoms. The highest BCUT2D eigenvalue weighted by Gasteiger charge is 2.55. The molecule has 3 heterocycles. The van der Waals surface area contributed by atoms with Gasteiger partial charge in [-0.3, -0.25) is 14.4 Å². The Kier molecular flexibility index (Phi) is 4.71. The lowest BCUT2D eigenvalue weighted by atomic mass is 9.78. The first kappa shape index (κ1) is 18.4. The zero-order valence-electron chi connectivity index (χ0n) is 15.2. The van der Waals surface area contributed by atoms with Crippen LogP contribution in [0, 0.1) is 17.8 Å². The lowest BCUT2D eigenvalue weighted by Gasteiger charge is -2.23. The van der Waals surface area contributed by atoms with E-state index in [2.05, 4.69) is 12.2 Å². The van der Waals surface area contributed by atoms with Crippen LogP contribution in [-0.2, 0) is 27.2 Å². The third-order valence-corrected chi connectivity index (χ3v) is 7.46. The molecule has 146 valence electrons. The first-order valence-corrected chi connectivity index (χ1v) is 10.4. The Bertz CT molecular complexity index is 804. The number of nitrogens with two attached hydrogens (primary N) is 1. The average Bonchev–Trinajstić information content (AvgIpc) is 3.32. The van der Waals surface area contributed by atoms with E-state index < -0.39 is 29.8 Å². The first-order valence-electron chi connectivity index (χ1n) is 9.54. The summed E-state index contributed by atoms with van der Waals surface area (Å²) in [7, 11) is 0. The number of aliphatic carboxylic acids is 1. The molecule has 0 aromatic carbocycles. The van der Waals surface area contributed by atoms with Crippen LogP contribution in [0.5, 0.6) is 0 Å². The molecule has 7 nitrogen and oxygen atoms in total. The largest absolute Gasteiger partial charge is 0.481 e. The number of thiophene rings is 1. The number of nitrogens with one attached hydrogen (secondary N) is 1. The van der Waals surface area contributed by atoms with E-state index in [1.165, 1.54) is 11.3 Å². The molecule has 2 bridgehead atoms. The van der Waals surface area contributed by atoms with E-state index in [4.69, 9.17) is 10.5 Å². The number of carboxylic acids is 1. The van der Waals surface area contributed by atoms with Gasteiger partial charge in [-0.2, -0.15) is 0 Å². The Labute approximate surface area is 161 Å². The standard InChI is InChI=1S/C19H24N2O5S/c1-2-8-3-4-9-12(7-8)27-18(13(9)16(20)22)21-17(23)14-10-5-6-11(26-10)15(14)19(24)25/h8,10-11,14-15H,2-7H2,1H3,(H2,20,22)(H,21,23)(H,24,25)/t8-,10-,11-,14+,15+/m1/s1. The highest BCUT2D eigenvalue weighted by atomic mass is 32.1. The summed E-state index contributed by atoms with van der Waals surface area (Å²) >= 11 is 1.41. The molecule has 2 fully saturated rings. The number of primary amides is 1. The summed E-state index contributed by atoms with van der Waals surface area (Å²) in [6, 6.07) is 0. The van der Waals surface area contributed by atoms with Crippen molar-refractivity contribution in [3.8, 4) is 0 Å². The molecule has 0 saturated carbocycles. The Morgan fingerprint density at radius 1 is 1.22 bits per heavy atom. The molecular weight excluding hydrogens is 368 g/mol. The minimum atomic E-state index is -1.01. The van der Waals surface area contributed by atoms with Crippen molar-refractivity contribution in [3.05, 3.63) is 16.0 Å². The van der Waals surface area contributed by atoms with Gasteiger partial charge in [0.05, 0.1) is 29.6 Å². The fourth-order valence-electron chi connectivity index (χ4n) is 4.87. The third-order valence-electron chi connectivity index (χ3n) is 6.29. The molecule has 3 aliphatic rings. The molecule has 2 saturated heterocycles. The predicted octanol–water partition coefficient (Wildman–Crippen LogP) is 2.18. The zero-order valence-corrected chi connectivity index (χ0v) is 16.0. The predicted molar refractivity (Wildman–Crippen MR) is 99.8 cm³/mol. The second-order valence-electron chi connectivity index (χ2n) is 7.76. The van der Waals surface area contributed by atoms with E-state index in [0.29, 0.717) is 29.3 Å². The minimum absolute atomic E-state index is 0.368. The second kappa shape index (κ2) is 6.91. The highest BCUT2D eigenvalue weighted by molar-refractivity contribution is 7.17. The quantitative estimate of drug-likeness (QED) is 0.710. The van der Waals surface area contributed by atoms with Crippen LogP contribution in [0.2, 0.25) is 0 Å². The average molecular weight is 392 g/mol. The van der Waals surface area contributed by atoms with Crippen molar-refractivity contribution in [2.45, 2.75) is 57.7 Å². The molecule has 4 N–H and O–H groups in total. The van der Waals surface area contributed by atoms with Gasteiger partial charge in [-0.25, -0.2) is 0 Å². The van der Waals surface area contributed by atoms with Crippen LogP contribution in [0.25, 0.3) is 0 Å². The normalized spacial score (nSPS) is 31.5. The smallest absolute Gasteiger partial charge is 0.310 e. The number of hydrogen-bond acceptors (Lipinski definition) is 5. The monoisotopic (exact) mass is 392 g/mol. The Morgan fingerprint density at radius 3 is 2.56 bits per heavy atom. The number of fused-ring (bicyclic) bond motifs is 3. The Hall–Kier alpha value is -1.93. The van der Waals surface area contributed by atoms with Gasteiger partial charge in [-0.1, -0.05) is 13.3 Å². The highest BCUT2D eigenvalue weighted by Crippen LogP contribution is 2.45. The minimum Gasteiger partial charge on any atom is -0.481 e. The molecule has 5 atom stereocenters. The van der Waals surface area contributed by atoms with Crippen LogP contribution in [0.1, 0.15) is 53.4 Å². The maximum absolute atomic E-state index is 12.9. The Balaban J connectivity index is 1.61. The number of hydrogen-bond donors (Lipinski definition) is 3. The van der Waals surface area contributed by atoms with Crippen molar-refractivity contribution in [1.29, 1.82) is 0 Å². The van der Waals surface area contributed by atoms with Gasteiger partial charge < -0.3 is 20.9 Å². The number of ether oxygens (including phenoxy) is 1. The summed E-state index contributed by atoms with van der Waals surface area (Å²) in [5.41, 5.74) is 6.96. The molecule has 0 unspecified atom stereocenters. The van der Waals surface area contributed by atoms with E-state index >= 15 is 0 Å². The summed E-state index contributed by atoms with van der Waals surface area (Å²) < 4.78 is 5.68. The maximum atomic E-state index is 12.9. The fourth-order valence-corrected chi connectivity index (χ4v) is 6.24. The van der Waals surface area contributed by atoms with Gasteiger partial charge in [0.1, 0.15) is 5.00 Å². The molecule has 2 aliphatic heterocycles. The third kappa shape index (κ3) is 3.04. The van der Waals surface area contributed by atoms with E-state index in [-0.39, 0.29) is 12.0 Å². The number of carbonyl (C=O) groups excluding carboxylic acids is 2. The van der Waals surface area contributed by atoms with E-state index in [0.717, 1.165) is 36.1 Å². The number of anilines is 1. The topological polar surface area (TPSA) is 119 Å². The van der Waals surface area contributed by atoms with Gasteiger partial charge in [0.15, 0.2) is 0 Å². The lowest BCUT2D eigenvalue weighted by molar-refractivity contribution is -0.147. The van der Waals surface area contributed by atoms with Crippen molar-refractivity contribution in [1.82, 2.24) is 0 Å². The van der Waals surface area contributed by atoms with E-state index in [9.17, 15) is 19.5 Å². The van der Waals surface area contributed by atoms with Crippen molar-refractivity contribution in [3.63, 3.8) is 0 Å². The second-order valence-corrected chi connectivity index (χ2v) is 8.86. The summed E-state index contributed by atoms with van der Waals surface area (Å²) in [6.45, 7) is 2.15. The van der Waals surface area contributed by atoms with Crippen molar-refractivity contribution in [2.24, 2.45) is 23.5 Å². The molecule has 1 aliphatic carbocycles. The van der Waals surface area contributed by atoms with Crippen LogP contribution < -0.4 is 11.1 Å². The Morgan fingerprint density at radius 2 is 1.93 bits per heavy atom. The number of amides is 2. The molecule has 0 spiro atoms. The van der Waals surface area contributed by atoms with E-state index in [1.54, 1.807) is 0 Å². The van der Waals surface area contributed by atoms with Crippen molar-refractivity contribution >= 4 is 34.1 Å². The summed E-state index contributed by atoms with van der Waals surface area (Å²) in [6.07, 6.45) is 4.35. The molecule has 1 aromatic heterocycles. The maximum Gasteiger partial charge on any atom is 0.310 e. The van der Waals surface area contributed by atoms with Crippen LogP contribution in [0.15, 0.2) is 0 Å². The summed E-state index contributed by atoms with van der Waals surface area (Å²) in [5.74, 6) is -2.92. The van der Waals surface area contributed by atoms with Gasteiger partial charge >= 0.3 is 5.97 Å². The van der Waals surface area contributed by atoms with E-state index in [1.807, 2.05) is 0 Å². The van der Waals surface area contributed by atoms with Crippen LogP contribution >= 0.6 is 11.3 Å². The van der Waals surface area contributed by atoms with Gasteiger partial charge in [0.2, 0.25) is 5.91 Å². The summed E-state index contributed by atoms with van der Waals surface area (Å²) in [4.78, 5) is 37.7. The molecule has 2 amide bonds. The number of carboxylic acid groups (broad SMARTS) is 1.